The van der Waals surface area contributed by atoms with Gasteiger partial charge in [0.05, 0.1) is 14.2 Å². The lowest BCUT2D eigenvalue weighted by Crippen LogP contribution is -2.43. The van der Waals surface area contributed by atoms with Crippen LogP contribution in [0.25, 0.3) is 0 Å². The number of carbonyl (C=O) groups excluding carboxylic acids is 1. The molecule has 4 nitrogen and oxygen atoms in total. The number of fused-ring (bicyclic) bond motifs is 1. The number of likely N-dealkylation sites (N-methyl/N-ethyl adjacent to an activating group) is 1. The summed E-state index contributed by atoms with van der Waals surface area (Å²) in [5.74, 6) is 2.14. The molecule has 28 heavy (non-hydrogen) atoms. The maximum atomic E-state index is 13.2. The van der Waals surface area contributed by atoms with Gasteiger partial charge in [-0.25, -0.2) is 0 Å². The number of rotatable bonds is 5. The Hall–Kier alpha value is -2.33. The Morgan fingerprint density at radius 2 is 1.79 bits per heavy atom. The highest BCUT2D eigenvalue weighted by atomic mass is 16.5. The van der Waals surface area contributed by atoms with E-state index in [1.165, 1.54) is 5.56 Å². The molecule has 0 bridgehead atoms. The highest BCUT2D eigenvalue weighted by Crippen LogP contribution is 2.42. The van der Waals surface area contributed by atoms with Crippen LogP contribution >= 0.6 is 0 Å². The van der Waals surface area contributed by atoms with Gasteiger partial charge in [0, 0.05) is 17.5 Å². The third-order valence-electron chi connectivity index (χ3n) is 6.59. The number of Topliss-reactive ketones (excluding diaryl/α,β-unsaturated/α-hetero) is 1. The number of likely N-dealkylation sites (tertiary alicyclic amines) is 1. The molecule has 0 radical (unpaired) electrons. The van der Waals surface area contributed by atoms with E-state index >= 15 is 0 Å². The number of ether oxygens (including phenoxy) is 2. The van der Waals surface area contributed by atoms with E-state index in [1.54, 1.807) is 14.2 Å². The summed E-state index contributed by atoms with van der Waals surface area (Å²) in [6.45, 7) is 1.05. The van der Waals surface area contributed by atoms with Crippen LogP contribution in [0.15, 0.2) is 42.5 Å². The van der Waals surface area contributed by atoms with Gasteiger partial charge in [-0.15, -0.1) is 0 Å². The largest absolute Gasteiger partial charge is 0.493 e. The van der Waals surface area contributed by atoms with E-state index in [2.05, 4.69) is 42.3 Å². The first kappa shape index (κ1) is 19.0. The molecule has 0 spiro atoms. The average molecular weight is 380 g/mol. The molecule has 0 amide bonds. The number of hydrogen-bond donors (Lipinski definition) is 0. The van der Waals surface area contributed by atoms with E-state index in [0.29, 0.717) is 23.5 Å². The van der Waals surface area contributed by atoms with Crippen molar-refractivity contribution in [2.45, 2.75) is 31.7 Å². The zero-order valence-electron chi connectivity index (χ0n) is 17.0. The normalized spacial score (nSPS) is 24.8. The Kier molecular flexibility index (Phi) is 5.40. The van der Waals surface area contributed by atoms with Gasteiger partial charge in [0.25, 0.3) is 0 Å². The number of piperidine rings is 1. The average Bonchev–Trinajstić information content (AvgIpc) is 3.05. The summed E-state index contributed by atoms with van der Waals surface area (Å²) in [5.41, 5.74) is 3.29. The van der Waals surface area contributed by atoms with E-state index in [9.17, 15) is 4.79 Å². The molecule has 4 heteroatoms. The summed E-state index contributed by atoms with van der Waals surface area (Å²) in [6.07, 6.45) is 4.02. The Bertz CT molecular complexity index is 848. The molecule has 1 aliphatic carbocycles. The molecule has 0 saturated carbocycles. The van der Waals surface area contributed by atoms with Gasteiger partial charge in [-0.1, -0.05) is 30.3 Å². The molecule has 1 aliphatic heterocycles. The van der Waals surface area contributed by atoms with Crippen LogP contribution < -0.4 is 9.47 Å². The van der Waals surface area contributed by atoms with Gasteiger partial charge < -0.3 is 14.4 Å². The summed E-state index contributed by atoms with van der Waals surface area (Å²) in [6, 6.07) is 15.0. The molecular formula is C24H29NO3. The molecule has 1 fully saturated rings. The van der Waals surface area contributed by atoms with Crippen molar-refractivity contribution in [3.63, 3.8) is 0 Å². The summed E-state index contributed by atoms with van der Waals surface area (Å²) >= 11 is 0. The fourth-order valence-electron chi connectivity index (χ4n) is 4.92. The van der Waals surface area contributed by atoms with Crippen LogP contribution in [0.1, 0.15) is 34.3 Å². The Labute approximate surface area is 167 Å². The third-order valence-corrected chi connectivity index (χ3v) is 6.59. The number of methoxy groups -OCH3 is 2. The van der Waals surface area contributed by atoms with E-state index in [1.807, 2.05) is 12.1 Å². The van der Waals surface area contributed by atoms with Crippen molar-refractivity contribution in [3.8, 4) is 11.5 Å². The molecule has 1 saturated heterocycles. The van der Waals surface area contributed by atoms with Crippen LogP contribution in [-0.4, -0.2) is 44.5 Å². The van der Waals surface area contributed by atoms with Gasteiger partial charge in [-0.05, 0) is 68.5 Å². The van der Waals surface area contributed by atoms with Crippen molar-refractivity contribution in [2.24, 2.45) is 11.8 Å². The summed E-state index contributed by atoms with van der Waals surface area (Å²) in [7, 11) is 5.47. The van der Waals surface area contributed by atoms with Crippen LogP contribution in [0.3, 0.4) is 0 Å². The minimum Gasteiger partial charge on any atom is -0.493 e. The first-order valence-electron chi connectivity index (χ1n) is 10.1. The molecule has 4 rings (SSSR count). The van der Waals surface area contributed by atoms with Crippen molar-refractivity contribution in [1.82, 2.24) is 4.90 Å². The summed E-state index contributed by atoms with van der Waals surface area (Å²) in [5, 5.41) is 0. The Balaban J connectivity index is 1.52. The fraction of sp³-hybridized carbons (Fsp3) is 0.458. The van der Waals surface area contributed by atoms with Gasteiger partial charge in [-0.3, -0.25) is 4.79 Å². The van der Waals surface area contributed by atoms with Crippen LogP contribution in [0.5, 0.6) is 11.5 Å². The van der Waals surface area contributed by atoms with Crippen molar-refractivity contribution >= 4 is 5.78 Å². The summed E-state index contributed by atoms with van der Waals surface area (Å²) in [4.78, 5) is 15.7. The number of benzene rings is 2. The third kappa shape index (κ3) is 3.53. The number of ketones is 1. The zero-order chi connectivity index (χ0) is 19.7. The van der Waals surface area contributed by atoms with Crippen molar-refractivity contribution in [2.75, 3.05) is 27.8 Å². The van der Waals surface area contributed by atoms with E-state index in [0.717, 1.165) is 43.4 Å². The first-order valence-corrected chi connectivity index (χ1v) is 10.1. The van der Waals surface area contributed by atoms with Gasteiger partial charge in [0.15, 0.2) is 17.3 Å². The molecule has 2 aliphatic rings. The van der Waals surface area contributed by atoms with Gasteiger partial charge >= 0.3 is 0 Å². The highest BCUT2D eigenvalue weighted by Gasteiger charge is 2.40. The number of hydrogen-bond acceptors (Lipinski definition) is 4. The number of carbonyl (C=O) groups is 1. The Morgan fingerprint density at radius 3 is 2.50 bits per heavy atom. The standard InChI is InChI=1S/C24H29NO3/c1-25-10-9-17(12-19(25)11-16-7-5-4-6-8-16)20-13-18-14-22(27-2)23(28-3)15-21(18)24(20)26/h4-8,14-15,17,19-20H,9-13H2,1-3H3. The zero-order valence-corrected chi connectivity index (χ0v) is 17.0. The van der Waals surface area contributed by atoms with Gasteiger partial charge in [0.2, 0.25) is 0 Å². The van der Waals surface area contributed by atoms with Crippen molar-refractivity contribution in [1.29, 1.82) is 0 Å². The maximum Gasteiger partial charge on any atom is 0.166 e. The molecule has 3 atom stereocenters. The second-order valence-corrected chi connectivity index (χ2v) is 8.15. The van der Waals surface area contributed by atoms with Crippen LogP contribution in [0.4, 0.5) is 0 Å². The SMILES string of the molecule is COc1cc2c(cc1OC)C(=O)C(C1CCN(C)C(Cc3ccccc3)C1)C2. The quantitative estimate of drug-likeness (QED) is 0.787. The lowest BCUT2D eigenvalue weighted by molar-refractivity contribution is 0.0758. The van der Waals surface area contributed by atoms with Crippen LogP contribution in [-0.2, 0) is 12.8 Å². The lowest BCUT2D eigenvalue weighted by Gasteiger charge is -2.39. The second-order valence-electron chi connectivity index (χ2n) is 8.15. The monoisotopic (exact) mass is 379 g/mol. The fourth-order valence-corrected chi connectivity index (χ4v) is 4.92. The minimum atomic E-state index is 0.0822. The molecule has 2 aromatic rings. The molecule has 0 N–H and O–H groups in total. The topological polar surface area (TPSA) is 38.8 Å². The smallest absolute Gasteiger partial charge is 0.166 e. The molecule has 0 aromatic heterocycles. The summed E-state index contributed by atoms with van der Waals surface area (Å²) < 4.78 is 10.8. The molecule has 148 valence electrons. The Morgan fingerprint density at radius 1 is 1.07 bits per heavy atom. The molecular weight excluding hydrogens is 350 g/mol. The van der Waals surface area contributed by atoms with E-state index in [-0.39, 0.29) is 11.7 Å². The molecule has 1 heterocycles. The highest BCUT2D eigenvalue weighted by molar-refractivity contribution is 6.03. The van der Waals surface area contributed by atoms with Crippen LogP contribution in [0, 0.1) is 11.8 Å². The van der Waals surface area contributed by atoms with E-state index in [4.69, 9.17) is 9.47 Å². The maximum absolute atomic E-state index is 13.2. The molecule has 3 unspecified atom stereocenters. The first-order chi connectivity index (χ1) is 13.6. The van der Waals surface area contributed by atoms with E-state index < -0.39 is 0 Å². The van der Waals surface area contributed by atoms with Crippen molar-refractivity contribution < 1.29 is 14.3 Å². The number of nitrogens with zero attached hydrogens (tertiary/aromatic N) is 1. The lowest BCUT2D eigenvalue weighted by atomic mass is 9.78. The van der Waals surface area contributed by atoms with Gasteiger partial charge in [0.1, 0.15) is 0 Å². The van der Waals surface area contributed by atoms with Crippen LogP contribution in [0.2, 0.25) is 0 Å². The minimum absolute atomic E-state index is 0.0822. The van der Waals surface area contributed by atoms with Crippen molar-refractivity contribution in [3.05, 3.63) is 59.2 Å². The molecule has 2 aromatic carbocycles. The van der Waals surface area contributed by atoms with Gasteiger partial charge in [-0.2, -0.15) is 0 Å². The predicted octanol–water partition coefficient (Wildman–Crippen LogP) is 4.01. The second kappa shape index (κ2) is 7.96. The predicted molar refractivity (Wildman–Crippen MR) is 110 cm³/mol.